The van der Waals surface area contributed by atoms with Crippen LogP contribution in [-0.2, 0) is 47.3 Å². The zero-order valence-corrected chi connectivity index (χ0v) is 52.6. The van der Waals surface area contributed by atoms with Crippen LogP contribution < -0.4 is 48.2 Å². The molecule has 0 radical (unpaired) electrons. The monoisotopic (exact) mass is 1180 g/mol. The fraction of sp³-hybridized carbons (Fsp3) is 0.467. The van der Waals surface area contributed by atoms with Gasteiger partial charge in [-0.15, -0.1) is 0 Å². The Morgan fingerprint density at radius 1 is 0.667 bits per heavy atom. The van der Waals surface area contributed by atoms with Crippen molar-refractivity contribution in [1.29, 1.82) is 0 Å². The van der Waals surface area contributed by atoms with E-state index in [4.69, 9.17) is 23.7 Å². The van der Waals surface area contributed by atoms with Gasteiger partial charge in [0.05, 0.1) is 42.2 Å². The first-order valence-corrected chi connectivity index (χ1v) is 31.5. The molecule has 5 aliphatic rings. The van der Waals surface area contributed by atoms with Gasteiger partial charge < -0.3 is 43.9 Å². The maximum absolute atomic E-state index is 14.8. The van der Waals surface area contributed by atoms with Gasteiger partial charge in [0.2, 0.25) is 0 Å². The summed E-state index contributed by atoms with van der Waals surface area (Å²) in [5.41, 5.74) is 3.56. The predicted molar refractivity (Wildman–Crippen MR) is 316 cm³/mol. The van der Waals surface area contributed by atoms with Gasteiger partial charge in [0, 0.05) is 72.8 Å². The standard InChI is InChI=1S/C22H26BrN2O3P.C22H27N2O3P.C10H16O2.C4H8O.C2H4O.Na.H/c1-3-28-22(26)21(14-15-23)18(2)29(27)24(19-10-6-4-7-11-19)16-17-25(29)20-12-8-5-9-13-20;1-3-27-21(25)22(14-15-22)18(2)28(26)23(19-10-6-4-7-11-19)16-17-24(28)20-12-8-5-9-13-20;1-4-8(3)10(6-7-10)9(11)12-5-2;1-2-4-5-3-1;1-2-3;;/h4-13,21H,2-3,14-17H2,1H3;4-13,18H,3,14-17H2,1-2H3;4H,5-7H2,1-3H3;1-4H2;2H,1H3;;/q;;;;;+1;-1. The molecule has 0 N–H and O–H groups in total. The second-order valence-electron chi connectivity index (χ2n) is 19.1. The van der Waals surface area contributed by atoms with Crippen molar-refractivity contribution in [1.82, 2.24) is 0 Å². The van der Waals surface area contributed by atoms with Gasteiger partial charge in [-0.05, 0) is 135 Å². The summed E-state index contributed by atoms with van der Waals surface area (Å²) in [6, 6.07) is 39.1. The van der Waals surface area contributed by atoms with Gasteiger partial charge in [-0.3, -0.25) is 23.5 Å². The number of carbonyl (C=O) groups is 4. The maximum atomic E-state index is 14.8. The van der Waals surface area contributed by atoms with E-state index in [0.717, 1.165) is 73.5 Å². The second kappa shape index (κ2) is 32.1. The molecule has 2 atom stereocenters. The molecule has 14 nitrogen and oxygen atoms in total. The number of para-hydroxylation sites is 4. The Morgan fingerprint density at radius 2 is 1.04 bits per heavy atom. The van der Waals surface area contributed by atoms with Crippen molar-refractivity contribution in [3.63, 3.8) is 0 Å². The summed E-state index contributed by atoms with van der Waals surface area (Å²) in [4.78, 5) is 45.7. The van der Waals surface area contributed by atoms with Gasteiger partial charge in [-0.25, -0.2) is 0 Å². The summed E-state index contributed by atoms with van der Waals surface area (Å²) in [6.07, 6.45) is 9.19. The molecule has 4 aromatic carbocycles. The van der Waals surface area contributed by atoms with Crippen LogP contribution in [0.25, 0.3) is 0 Å². The van der Waals surface area contributed by atoms with E-state index < -0.39 is 26.2 Å². The van der Waals surface area contributed by atoms with E-state index in [-0.39, 0.29) is 66.6 Å². The summed E-state index contributed by atoms with van der Waals surface area (Å²) in [5.74, 6) is -1.26. The van der Waals surface area contributed by atoms with Gasteiger partial charge in [0.1, 0.15) is 6.29 Å². The van der Waals surface area contributed by atoms with E-state index in [9.17, 15) is 23.5 Å². The van der Waals surface area contributed by atoms with Gasteiger partial charge in [-0.1, -0.05) is 114 Å². The fourth-order valence-corrected chi connectivity index (χ4v) is 17.3. The quantitative estimate of drug-likeness (QED) is 0.0187. The van der Waals surface area contributed by atoms with Crippen molar-refractivity contribution >= 4 is 77.8 Å². The average molecular weight is 1180 g/mol. The van der Waals surface area contributed by atoms with Crippen LogP contribution in [0.2, 0.25) is 0 Å². The molecule has 0 aromatic heterocycles. The van der Waals surface area contributed by atoms with Crippen molar-refractivity contribution < 1.29 is 78.2 Å². The largest absolute Gasteiger partial charge is 1.00 e. The second-order valence-corrected chi connectivity index (χ2v) is 25.5. The number of benzene rings is 4. The Balaban J connectivity index is 0.000000304. The number of nitrogens with zero attached hydrogens (tertiary/aromatic N) is 4. The number of hydrogen-bond acceptors (Lipinski definition) is 10. The van der Waals surface area contributed by atoms with Crippen LogP contribution in [0.3, 0.4) is 0 Å². The zero-order valence-electron chi connectivity index (χ0n) is 48.2. The Kier molecular flexibility index (Phi) is 27.2. The van der Waals surface area contributed by atoms with Gasteiger partial charge >= 0.3 is 47.5 Å². The summed E-state index contributed by atoms with van der Waals surface area (Å²) in [6.45, 7) is 22.7. The van der Waals surface area contributed by atoms with E-state index >= 15 is 0 Å². The summed E-state index contributed by atoms with van der Waals surface area (Å²) < 4.78 is 58.0. The molecule has 0 bridgehead atoms. The summed E-state index contributed by atoms with van der Waals surface area (Å²) >= 11 is 3.42. The normalized spacial score (nSPS) is 18.4. The Morgan fingerprint density at radius 3 is 1.36 bits per heavy atom. The Hall–Kier alpha value is -4.46. The number of rotatable bonds is 17. The fourth-order valence-electron chi connectivity index (χ4n) is 9.93. The van der Waals surface area contributed by atoms with Crippen molar-refractivity contribution in [3.8, 4) is 0 Å². The number of anilines is 4. The Bertz CT molecular complexity index is 2540. The molecule has 3 heterocycles. The number of halogens is 1. The minimum absolute atomic E-state index is 0. The number of esters is 3. The Labute approximate surface area is 496 Å². The molecular weight excluding hydrogens is 1100 g/mol. The van der Waals surface area contributed by atoms with Gasteiger partial charge in [-0.2, -0.15) is 0 Å². The SMILES string of the molecule is C1CCOC1.C=C(C(CCBr)C(=O)OCC)P1(=O)N(c2ccccc2)CCN1c1ccccc1.CC=C(C)C1(C(=O)OCC)CC1.CC=O.CCOC(=O)C1(C(C)P2(=O)N(c3ccccc3)CCN2c2ccccc2)CC1.[H-].[Na+]. The number of ether oxygens (including phenoxy) is 4. The molecule has 78 heavy (non-hydrogen) atoms. The van der Waals surface area contributed by atoms with E-state index in [1.807, 2.05) is 181 Å². The first-order chi connectivity index (χ1) is 37.2. The number of carbonyl (C=O) groups excluding carboxylic acids is 4. The van der Waals surface area contributed by atoms with Crippen molar-refractivity contribution in [3.05, 3.63) is 145 Å². The molecule has 3 aliphatic heterocycles. The molecule has 2 saturated carbocycles. The van der Waals surface area contributed by atoms with Crippen LogP contribution in [-0.4, -0.2) is 94.4 Å². The van der Waals surface area contributed by atoms with Crippen LogP contribution in [0, 0.1) is 16.7 Å². The minimum Gasteiger partial charge on any atom is -1.00 e. The van der Waals surface area contributed by atoms with Crippen molar-refractivity contribution in [2.75, 3.05) is 83.2 Å². The number of hydrogen-bond donors (Lipinski definition) is 0. The van der Waals surface area contributed by atoms with E-state index in [2.05, 4.69) is 22.5 Å². The van der Waals surface area contributed by atoms with Crippen molar-refractivity contribution in [2.24, 2.45) is 16.7 Å². The van der Waals surface area contributed by atoms with Crippen LogP contribution in [0.15, 0.2) is 145 Å². The number of aldehydes is 1. The molecule has 0 amide bonds. The van der Waals surface area contributed by atoms with Crippen molar-refractivity contribution in [2.45, 2.75) is 99.1 Å². The summed E-state index contributed by atoms with van der Waals surface area (Å²) in [7, 11) is -6.43. The molecule has 420 valence electrons. The zero-order chi connectivity index (χ0) is 56.1. The molecule has 18 heteroatoms. The molecular formula is C60H82BrN4NaO10P2. The third-order valence-corrected chi connectivity index (χ3v) is 22.0. The average Bonchev–Trinajstić information content (AvgIpc) is 4.46. The molecule has 2 unspecified atom stereocenters. The van der Waals surface area contributed by atoms with Crippen LogP contribution in [0.4, 0.5) is 22.7 Å². The van der Waals surface area contributed by atoms with E-state index in [1.54, 1.807) is 6.92 Å². The van der Waals surface area contributed by atoms with Gasteiger partial charge in [0.15, 0.2) is 0 Å². The topological polar surface area (TPSA) is 152 Å². The molecule has 4 aromatic rings. The molecule has 9 rings (SSSR count). The van der Waals surface area contributed by atoms with E-state index in [0.29, 0.717) is 56.5 Å². The smallest absolute Gasteiger partial charge is 1.00 e. The molecule has 5 fully saturated rings. The third-order valence-electron chi connectivity index (χ3n) is 14.6. The third kappa shape index (κ3) is 15.7. The van der Waals surface area contributed by atoms with Crippen LogP contribution >= 0.6 is 30.8 Å². The first-order valence-electron chi connectivity index (χ1n) is 27.1. The molecule has 0 spiro atoms. The van der Waals surface area contributed by atoms with Crippen LogP contribution in [0.5, 0.6) is 0 Å². The maximum Gasteiger partial charge on any atom is 1.00 e. The molecule has 2 aliphatic carbocycles. The first kappa shape index (κ1) is 66.1. The number of allylic oxidation sites excluding steroid dienone is 1. The number of alkyl halides is 1. The van der Waals surface area contributed by atoms with E-state index in [1.165, 1.54) is 19.8 Å². The summed E-state index contributed by atoms with van der Waals surface area (Å²) in [5, 5.41) is 1.01. The predicted octanol–water partition coefficient (Wildman–Crippen LogP) is 11.0. The molecule has 3 saturated heterocycles. The van der Waals surface area contributed by atoms with Gasteiger partial charge in [0.25, 0.3) is 14.9 Å². The minimum atomic E-state index is -3.34. The van der Waals surface area contributed by atoms with Crippen LogP contribution in [0.1, 0.15) is 94.8 Å².